The van der Waals surface area contributed by atoms with Gasteiger partial charge in [0.2, 0.25) is 0 Å². The fraction of sp³-hybridized carbons (Fsp3) is 0.200. The molecule has 0 unspecified atom stereocenters. The van der Waals surface area contributed by atoms with Crippen molar-refractivity contribution in [2.75, 3.05) is 0 Å². The van der Waals surface area contributed by atoms with E-state index in [0.29, 0.717) is 11.3 Å². The summed E-state index contributed by atoms with van der Waals surface area (Å²) in [7, 11) is 0. The molecule has 1 N–H and O–H groups in total. The monoisotopic (exact) mass is 253 g/mol. The third-order valence-electron chi connectivity index (χ3n) is 2.49. The van der Waals surface area contributed by atoms with E-state index in [1.165, 1.54) is 31.2 Å². The molecule has 0 saturated heterocycles. The second kappa shape index (κ2) is 3.81. The van der Waals surface area contributed by atoms with E-state index < -0.39 is 15.7 Å². The Labute approximate surface area is 101 Å². The Morgan fingerprint density at radius 2 is 2.00 bits per heavy atom. The zero-order valence-corrected chi connectivity index (χ0v) is 9.56. The lowest BCUT2D eigenvalue weighted by Crippen LogP contribution is -2.37. The molecule has 1 aromatic carbocycles. The molecule has 88 valence electrons. The SMILES string of the molecule is C[C@@]1(Cl)C(=O)NN=C1c1ccc([N+](=O)[O-])cc1. The molecule has 1 atom stereocenters. The summed E-state index contributed by atoms with van der Waals surface area (Å²) < 4.78 is 0. The lowest BCUT2D eigenvalue weighted by Gasteiger charge is -2.13. The highest BCUT2D eigenvalue weighted by atomic mass is 35.5. The first-order chi connectivity index (χ1) is 7.93. The van der Waals surface area contributed by atoms with Gasteiger partial charge in [-0.25, -0.2) is 5.43 Å². The van der Waals surface area contributed by atoms with Crippen molar-refractivity contribution in [3.05, 3.63) is 39.9 Å². The molecule has 1 aromatic rings. The second-order valence-electron chi connectivity index (χ2n) is 3.71. The molecular formula is C10H8ClN3O3. The molecule has 6 nitrogen and oxygen atoms in total. The molecule has 0 saturated carbocycles. The van der Waals surface area contributed by atoms with E-state index in [-0.39, 0.29) is 5.69 Å². The molecule has 1 aliphatic rings. The van der Waals surface area contributed by atoms with Gasteiger partial charge in [0.1, 0.15) is 0 Å². The van der Waals surface area contributed by atoms with Gasteiger partial charge in [-0.2, -0.15) is 5.10 Å². The van der Waals surface area contributed by atoms with Gasteiger partial charge in [-0.05, 0) is 19.1 Å². The first kappa shape index (κ1) is 11.5. The number of nitro groups is 1. The lowest BCUT2D eigenvalue weighted by atomic mass is 9.98. The van der Waals surface area contributed by atoms with E-state index in [1.807, 2.05) is 0 Å². The smallest absolute Gasteiger partial charge is 0.269 e. The molecule has 0 radical (unpaired) electrons. The van der Waals surface area contributed by atoms with Crippen LogP contribution in [0.4, 0.5) is 5.69 Å². The molecule has 7 heteroatoms. The van der Waals surface area contributed by atoms with Crippen LogP contribution in [-0.4, -0.2) is 21.4 Å². The van der Waals surface area contributed by atoms with Gasteiger partial charge in [0.25, 0.3) is 11.6 Å². The van der Waals surface area contributed by atoms with Crippen molar-refractivity contribution in [1.82, 2.24) is 5.43 Å². The molecule has 1 heterocycles. The van der Waals surface area contributed by atoms with Crippen LogP contribution in [-0.2, 0) is 4.79 Å². The summed E-state index contributed by atoms with van der Waals surface area (Å²) >= 11 is 6.04. The standard InChI is InChI=1S/C10H8ClN3O3/c1-10(11)8(12-13-9(10)15)6-2-4-7(5-3-6)14(16)17/h2-5H,1H3,(H,13,15)/t10-/m0/s1. The highest BCUT2D eigenvalue weighted by Gasteiger charge is 2.42. The minimum absolute atomic E-state index is 0.0251. The summed E-state index contributed by atoms with van der Waals surface area (Å²) in [5.41, 5.74) is 3.19. The molecule has 0 spiro atoms. The Bertz CT molecular complexity index is 522. The zero-order valence-electron chi connectivity index (χ0n) is 8.81. The van der Waals surface area contributed by atoms with Crippen molar-refractivity contribution in [3.63, 3.8) is 0 Å². The predicted octanol–water partition coefficient (Wildman–Crippen LogP) is 1.43. The normalized spacial score (nSPS) is 23.2. The number of halogens is 1. The van der Waals surface area contributed by atoms with E-state index in [4.69, 9.17) is 11.6 Å². The molecule has 0 fully saturated rings. The summed E-state index contributed by atoms with van der Waals surface area (Å²) in [6, 6.07) is 5.71. The Kier molecular flexibility index (Phi) is 2.59. The molecule has 1 amide bonds. The Balaban J connectivity index is 2.36. The van der Waals surface area contributed by atoms with Crippen LogP contribution in [0.3, 0.4) is 0 Å². The van der Waals surface area contributed by atoms with Crippen molar-refractivity contribution in [2.45, 2.75) is 11.8 Å². The van der Waals surface area contributed by atoms with E-state index in [9.17, 15) is 14.9 Å². The Morgan fingerprint density at radius 3 is 2.41 bits per heavy atom. The number of benzene rings is 1. The average molecular weight is 254 g/mol. The maximum atomic E-state index is 11.4. The largest absolute Gasteiger partial charge is 0.271 e. The molecule has 0 bridgehead atoms. The number of hydrogen-bond donors (Lipinski definition) is 1. The highest BCUT2D eigenvalue weighted by Crippen LogP contribution is 2.26. The summed E-state index contributed by atoms with van der Waals surface area (Å²) in [6.07, 6.45) is 0. The van der Waals surface area contributed by atoms with E-state index in [2.05, 4.69) is 10.5 Å². The van der Waals surface area contributed by atoms with Crippen molar-refractivity contribution in [1.29, 1.82) is 0 Å². The third-order valence-corrected chi connectivity index (χ3v) is 2.84. The number of carbonyl (C=O) groups excluding carboxylic acids is 1. The van der Waals surface area contributed by atoms with Crippen LogP contribution in [0.15, 0.2) is 29.4 Å². The van der Waals surface area contributed by atoms with Crippen LogP contribution in [0.5, 0.6) is 0 Å². The molecule has 1 aliphatic heterocycles. The van der Waals surface area contributed by atoms with Gasteiger partial charge in [-0.1, -0.05) is 0 Å². The summed E-state index contributed by atoms with van der Waals surface area (Å²) in [6.45, 7) is 1.52. The molecule has 2 rings (SSSR count). The summed E-state index contributed by atoms with van der Waals surface area (Å²) in [5.74, 6) is -0.410. The van der Waals surface area contributed by atoms with Crippen molar-refractivity contribution in [3.8, 4) is 0 Å². The number of nitro benzene ring substituents is 1. The zero-order chi connectivity index (χ0) is 12.6. The number of non-ortho nitro benzene ring substituents is 1. The number of rotatable bonds is 2. The van der Waals surface area contributed by atoms with Crippen LogP contribution >= 0.6 is 11.6 Å². The van der Waals surface area contributed by atoms with Crippen LogP contribution in [0.25, 0.3) is 0 Å². The van der Waals surface area contributed by atoms with Gasteiger partial charge in [-0.3, -0.25) is 14.9 Å². The number of nitrogens with zero attached hydrogens (tertiary/aromatic N) is 2. The lowest BCUT2D eigenvalue weighted by molar-refractivity contribution is -0.384. The third kappa shape index (κ3) is 1.87. The van der Waals surface area contributed by atoms with E-state index in [0.717, 1.165) is 0 Å². The number of alkyl halides is 1. The fourth-order valence-corrected chi connectivity index (χ4v) is 1.69. The highest BCUT2D eigenvalue weighted by molar-refractivity contribution is 6.50. The van der Waals surface area contributed by atoms with Crippen LogP contribution < -0.4 is 5.43 Å². The van der Waals surface area contributed by atoms with Gasteiger partial charge in [-0.15, -0.1) is 11.6 Å². The Hall–Kier alpha value is -1.95. The van der Waals surface area contributed by atoms with Crippen molar-refractivity contribution in [2.24, 2.45) is 5.10 Å². The maximum absolute atomic E-state index is 11.4. The van der Waals surface area contributed by atoms with Gasteiger partial charge in [0.15, 0.2) is 4.87 Å². The maximum Gasteiger partial charge on any atom is 0.269 e. The van der Waals surface area contributed by atoms with E-state index >= 15 is 0 Å². The fourth-order valence-electron chi connectivity index (χ4n) is 1.50. The number of nitrogens with one attached hydrogen (secondary N) is 1. The molecule has 17 heavy (non-hydrogen) atoms. The van der Waals surface area contributed by atoms with Gasteiger partial charge in [0, 0.05) is 17.7 Å². The van der Waals surface area contributed by atoms with Gasteiger partial charge in [0.05, 0.1) is 10.6 Å². The van der Waals surface area contributed by atoms with Gasteiger partial charge < -0.3 is 0 Å². The van der Waals surface area contributed by atoms with Gasteiger partial charge >= 0.3 is 0 Å². The number of carbonyl (C=O) groups is 1. The number of hydrogen-bond acceptors (Lipinski definition) is 4. The summed E-state index contributed by atoms with van der Waals surface area (Å²) in [5, 5.41) is 14.3. The number of amides is 1. The Morgan fingerprint density at radius 1 is 1.41 bits per heavy atom. The minimum atomic E-state index is -1.24. The van der Waals surface area contributed by atoms with Crippen LogP contribution in [0, 0.1) is 10.1 Å². The topological polar surface area (TPSA) is 84.6 Å². The molecule has 0 aliphatic carbocycles. The first-order valence-corrected chi connectivity index (χ1v) is 5.13. The number of hydrazone groups is 1. The van der Waals surface area contributed by atoms with E-state index in [1.54, 1.807) is 0 Å². The quantitative estimate of drug-likeness (QED) is 0.491. The minimum Gasteiger partial charge on any atom is -0.271 e. The summed E-state index contributed by atoms with van der Waals surface area (Å²) in [4.78, 5) is 20.1. The molecular weight excluding hydrogens is 246 g/mol. The van der Waals surface area contributed by atoms with Crippen molar-refractivity contribution >= 4 is 28.9 Å². The average Bonchev–Trinajstić information content (AvgIpc) is 2.54. The predicted molar refractivity (Wildman–Crippen MR) is 62.0 cm³/mol. The first-order valence-electron chi connectivity index (χ1n) is 4.75. The second-order valence-corrected chi connectivity index (χ2v) is 4.46. The molecule has 0 aromatic heterocycles. The van der Waals surface area contributed by atoms with Crippen LogP contribution in [0.2, 0.25) is 0 Å². The van der Waals surface area contributed by atoms with Crippen LogP contribution in [0.1, 0.15) is 12.5 Å². The van der Waals surface area contributed by atoms with Crippen molar-refractivity contribution < 1.29 is 9.72 Å².